The molecule has 38 heavy (non-hydrogen) atoms. The summed E-state index contributed by atoms with van der Waals surface area (Å²) in [6.07, 6.45) is 4.09. The lowest BCUT2D eigenvalue weighted by Gasteiger charge is -2.42. The number of amides is 1. The van der Waals surface area contributed by atoms with E-state index in [1.807, 2.05) is 36.4 Å². The van der Waals surface area contributed by atoms with Gasteiger partial charge < -0.3 is 15.2 Å². The van der Waals surface area contributed by atoms with Gasteiger partial charge in [-0.1, -0.05) is 17.7 Å². The van der Waals surface area contributed by atoms with E-state index >= 15 is 0 Å². The predicted octanol–water partition coefficient (Wildman–Crippen LogP) is 4.75. The van der Waals surface area contributed by atoms with Gasteiger partial charge in [0.05, 0.1) is 28.4 Å². The normalized spacial score (nSPS) is 18.5. The van der Waals surface area contributed by atoms with Gasteiger partial charge in [0.15, 0.2) is 5.72 Å². The van der Waals surface area contributed by atoms with E-state index in [0.717, 1.165) is 42.3 Å². The minimum Gasteiger partial charge on any atom is -0.489 e. The van der Waals surface area contributed by atoms with Crippen molar-refractivity contribution in [3.05, 3.63) is 58.2 Å². The number of ether oxygens (including phenoxy) is 1. The van der Waals surface area contributed by atoms with Crippen molar-refractivity contribution in [2.45, 2.75) is 77.3 Å². The minimum atomic E-state index is -1.55. The Morgan fingerprint density at radius 1 is 1.13 bits per heavy atom. The summed E-state index contributed by atoms with van der Waals surface area (Å²) < 4.78 is 7.77. The third kappa shape index (κ3) is 4.93. The molecule has 2 N–H and O–H groups in total. The number of aryl methyl sites for hydroxylation is 1. The fourth-order valence-corrected chi connectivity index (χ4v) is 5.50. The molecule has 2 fully saturated rings. The van der Waals surface area contributed by atoms with Crippen LogP contribution in [0.15, 0.2) is 36.4 Å². The number of likely N-dealkylation sites (tertiary alicyclic amines) is 1. The van der Waals surface area contributed by atoms with Gasteiger partial charge in [-0.3, -0.25) is 19.2 Å². The zero-order valence-electron chi connectivity index (χ0n) is 22.3. The van der Waals surface area contributed by atoms with Crippen LogP contribution in [0.4, 0.5) is 0 Å². The van der Waals surface area contributed by atoms with E-state index in [9.17, 15) is 14.7 Å². The van der Waals surface area contributed by atoms with Gasteiger partial charge in [0.1, 0.15) is 5.75 Å². The lowest BCUT2D eigenvalue weighted by Crippen LogP contribution is -2.59. The molecule has 0 bridgehead atoms. The highest BCUT2D eigenvalue weighted by molar-refractivity contribution is 6.43. The fourth-order valence-electron chi connectivity index (χ4n) is 5.28. The molecule has 2 aliphatic rings. The van der Waals surface area contributed by atoms with E-state index in [0.29, 0.717) is 29.4 Å². The molecule has 202 valence electrons. The number of hydrogen-bond acceptors (Lipinski definition) is 6. The first-order valence-corrected chi connectivity index (χ1v) is 13.8. The van der Waals surface area contributed by atoms with E-state index in [1.165, 1.54) is 0 Å². The number of halogens is 1. The molecular weight excluding hydrogens is 504 g/mol. The number of fused-ring (bicyclic) bond motifs is 1. The zero-order valence-corrected chi connectivity index (χ0v) is 23.1. The Kier molecular flexibility index (Phi) is 7.24. The number of ketones is 1. The summed E-state index contributed by atoms with van der Waals surface area (Å²) in [5.74, 6) is -0.853. The first kappa shape index (κ1) is 26.7. The van der Waals surface area contributed by atoms with E-state index in [-0.39, 0.29) is 17.7 Å². The summed E-state index contributed by atoms with van der Waals surface area (Å²) in [5.41, 5.74) is 0.991. The Morgan fingerprint density at radius 2 is 1.84 bits per heavy atom. The largest absolute Gasteiger partial charge is 0.489 e. The first-order chi connectivity index (χ1) is 18.1. The molecule has 0 radical (unpaired) electrons. The number of carbonyl (C=O) groups excluding carboxylic acids is 2. The summed E-state index contributed by atoms with van der Waals surface area (Å²) in [5, 5.41) is 20.7. The van der Waals surface area contributed by atoms with Crippen molar-refractivity contribution in [1.82, 2.24) is 20.0 Å². The van der Waals surface area contributed by atoms with Crippen molar-refractivity contribution in [2.75, 3.05) is 13.1 Å². The predicted molar refractivity (Wildman–Crippen MR) is 147 cm³/mol. The van der Waals surface area contributed by atoms with Crippen LogP contribution >= 0.6 is 11.6 Å². The monoisotopic (exact) mass is 538 g/mol. The molecule has 0 spiro atoms. The number of benzene rings is 2. The Hall–Kier alpha value is -2.94. The quantitative estimate of drug-likeness (QED) is 0.301. The van der Waals surface area contributed by atoms with Crippen molar-refractivity contribution < 1.29 is 19.4 Å². The average molecular weight is 539 g/mol. The van der Waals surface area contributed by atoms with Crippen LogP contribution in [-0.4, -0.2) is 56.7 Å². The number of hydrogen-bond donors (Lipinski definition) is 2. The second kappa shape index (κ2) is 10.3. The number of aliphatic hydroxyl groups is 1. The molecule has 1 aliphatic carbocycles. The first-order valence-electron chi connectivity index (χ1n) is 13.4. The van der Waals surface area contributed by atoms with Gasteiger partial charge in [0.25, 0.3) is 5.91 Å². The Morgan fingerprint density at radius 3 is 2.47 bits per heavy atom. The molecule has 2 heterocycles. The van der Waals surface area contributed by atoms with Crippen molar-refractivity contribution >= 4 is 34.2 Å². The summed E-state index contributed by atoms with van der Waals surface area (Å²) >= 11 is 6.53. The second-order valence-electron chi connectivity index (χ2n) is 10.8. The maximum Gasteiger partial charge on any atom is 0.292 e. The summed E-state index contributed by atoms with van der Waals surface area (Å²) in [6, 6.07) is 9.83. The molecular formula is C29H35ClN4O4. The maximum atomic E-state index is 13.2. The molecule has 1 aliphatic heterocycles. The number of aromatic nitrogens is 2. The number of Topliss-reactive ketones (excluding diaryl/α,β-unsaturated/α-hetero) is 1. The molecule has 2 atom stereocenters. The molecule has 1 saturated carbocycles. The highest BCUT2D eigenvalue weighted by atomic mass is 35.5. The molecule has 0 unspecified atom stereocenters. The van der Waals surface area contributed by atoms with Crippen LogP contribution < -0.4 is 10.1 Å². The Labute approximate surface area is 227 Å². The molecule has 9 heteroatoms. The second-order valence-corrected chi connectivity index (χ2v) is 11.2. The summed E-state index contributed by atoms with van der Waals surface area (Å²) in [4.78, 5) is 28.3. The van der Waals surface area contributed by atoms with E-state index in [2.05, 4.69) is 10.4 Å². The lowest BCUT2D eigenvalue weighted by molar-refractivity contribution is -0.139. The molecule has 1 saturated heterocycles. The molecule has 1 aromatic heterocycles. The van der Waals surface area contributed by atoms with E-state index < -0.39 is 23.5 Å². The molecule has 5 rings (SSSR count). The minimum absolute atomic E-state index is 0.169. The van der Waals surface area contributed by atoms with Crippen molar-refractivity contribution in [1.29, 1.82) is 0 Å². The van der Waals surface area contributed by atoms with Gasteiger partial charge >= 0.3 is 0 Å². The molecule has 8 nitrogen and oxygen atoms in total. The Bertz CT molecular complexity index is 1380. The number of rotatable bonds is 9. The van der Waals surface area contributed by atoms with Crippen LogP contribution in [0, 0.1) is 6.92 Å². The van der Waals surface area contributed by atoms with Crippen LogP contribution in [0.25, 0.3) is 10.9 Å². The molecule has 2 aromatic carbocycles. The SMILES string of the molecule is Cc1nn(C(C)C)c2ccc(C(=O)C(=O)N[C@H](C)[C@](O)(c3ccc(OC4CC4)c(Cl)c3)N3CCCC3)cc12. The van der Waals surface area contributed by atoms with Crippen molar-refractivity contribution in [2.24, 2.45) is 0 Å². The summed E-state index contributed by atoms with van der Waals surface area (Å²) in [6.45, 7) is 9.02. The van der Waals surface area contributed by atoms with Gasteiger partial charge in [0, 0.05) is 35.6 Å². The maximum absolute atomic E-state index is 13.2. The van der Waals surface area contributed by atoms with Gasteiger partial charge in [-0.05, 0) is 83.7 Å². The Balaban J connectivity index is 1.39. The molecule has 3 aromatic rings. The zero-order chi connectivity index (χ0) is 27.2. The fraction of sp³-hybridized carbons (Fsp3) is 0.483. The van der Waals surface area contributed by atoms with E-state index in [1.54, 1.807) is 37.3 Å². The lowest BCUT2D eigenvalue weighted by atomic mass is 9.93. The van der Waals surface area contributed by atoms with Gasteiger partial charge in [-0.25, -0.2) is 0 Å². The average Bonchev–Trinajstić information content (AvgIpc) is 3.40. The van der Waals surface area contributed by atoms with Crippen LogP contribution in [0.1, 0.15) is 74.1 Å². The van der Waals surface area contributed by atoms with Crippen LogP contribution in [0.3, 0.4) is 0 Å². The van der Waals surface area contributed by atoms with Gasteiger partial charge in [-0.2, -0.15) is 5.10 Å². The van der Waals surface area contributed by atoms with Crippen molar-refractivity contribution in [3.8, 4) is 5.75 Å². The summed E-state index contributed by atoms with van der Waals surface area (Å²) in [7, 11) is 0. The highest BCUT2D eigenvalue weighted by Crippen LogP contribution is 2.38. The van der Waals surface area contributed by atoms with Crippen molar-refractivity contribution in [3.63, 3.8) is 0 Å². The third-order valence-corrected chi connectivity index (χ3v) is 7.86. The molecule has 1 amide bonds. The third-order valence-electron chi connectivity index (χ3n) is 7.56. The van der Waals surface area contributed by atoms with Crippen LogP contribution in [-0.2, 0) is 10.5 Å². The smallest absolute Gasteiger partial charge is 0.292 e. The number of carbonyl (C=O) groups is 2. The van der Waals surface area contributed by atoms with Gasteiger partial charge in [-0.15, -0.1) is 0 Å². The van der Waals surface area contributed by atoms with E-state index in [4.69, 9.17) is 16.3 Å². The highest BCUT2D eigenvalue weighted by Gasteiger charge is 2.44. The number of nitrogens with one attached hydrogen (secondary N) is 1. The topological polar surface area (TPSA) is 96.7 Å². The van der Waals surface area contributed by atoms with Gasteiger partial charge in [0.2, 0.25) is 5.78 Å². The standard InChI is InChI=1S/C29H35ClN4O4/c1-17(2)34-25-11-7-20(15-23(25)18(3)32-34)27(35)28(36)31-19(4)29(37,33-13-5-6-14-33)21-8-12-26(24(30)16-21)38-22-9-10-22/h7-8,11-12,15-17,19,22,37H,5-6,9-10,13-14H2,1-4H3,(H,31,36)/t19-,29+/m1/s1. The number of nitrogens with zero attached hydrogens (tertiary/aromatic N) is 3. The van der Waals surface area contributed by atoms with Crippen LogP contribution in [0.5, 0.6) is 5.75 Å². The van der Waals surface area contributed by atoms with Crippen LogP contribution in [0.2, 0.25) is 5.02 Å².